The monoisotopic (exact) mass is 399 g/mol. The Morgan fingerprint density at radius 2 is 1.96 bits per heavy atom. The van der Waals surface area contributed by atoms with Crippen molar-refractivity contribution in [2.24, 2.45) is 5.10 Å². The van der Waals surface area contributed by atoms with Gasteiger partial charge in [-0.2, -0.15) is 14.9 Å². The lowest BCUT2D eigenvalue weighted by Crippen LogP contribution is -1.97. The van der Waals surface area contributed by atoms with Gasteiger partial charge in [-0.25, -0.2) is 5.10 Å². The number of nitrogens with one attached hydrogen (secondary N) is 1. The lowest BCUT2D eigenvalue weighted by Gasteiger charge is -2.09. The second-order valence-corrected chi connectivity index (χ2v) is 6.17. The number of methoxy groups -OCH3 is 2. The molecule has 0 aliphatic heterocycles. The molecule has 0 saturated heterocycles. The van der Waals surface area contributed by atoms with Crippen molar-refractivity contribution >= 4 is 24.1 Å². The number of nitrogens with zero attached hydrogens (tertiary/aromatic N) is 4. The zero-order valence-corrected chi connectivity index (χ0v) is 16.2. The molecule has 0 aliphatic carbocycles. The Hall–Kier alpha value is -3.53. The number of hydrogen-bond acceptors (Lipinski definition) is 7. The van der Waals surface area contributed by atoms with Gasteiger partial charge in [-0.3, -0.25) is 10.1 Å². The molecule has 2 aromatic carbocycles. The van der Waals surface area contributed by atoms with E-state index in [0.717, 1.165) is 0 Å². The van der Waals surface area contributed by atoms with Gasteiger partial charge in [0.15, 0.2) is 17.3 Å². The summed E-state index contributed by atoms with van der Waals surface area (Å²) in [6.07, 6.45) is 1.49. The van der Waals surface area contributed by atoms with E-state index < -0.39 is 4.92 Å². The van der Waals surface area contributed by atoms with Crippen molar-refractivity contribution in [1.82, 2.24) is 14.9 Å². The van der Waals surface area contributed by atoms with Gasteiger partial charge in [0.1, 0.15) is 0 Å². The van der Waals surface area contributed by atoms with Crippen molar-refractivity contribution in [2.45, 2.75) is 6.92 Å². The van der Waals surface area contributed by atoms with Gasteiger partial charge in [0, 0.05) is 22.8 Å². The number of H-pyrrole nitrogens is 1. The summed E-state index contributed by atoms with van der Waals surface area (Å²) < 4.78 is 12.3. The van der Waals surface area contributed by atoms with E-state index in [1.54, 1.807) is 51.5 Å². The predicted octanol–water partition coefficient (Wildman–Crippen LogP) is 3.72. The fourth-order valence-electron chi connectivity index (χ4n) is 2.59. The fraction of sp³-hybridized carbons (Fsp3) is 0.167. The van der Waals surface area contributed by atoms with E-state index in [2.05, 4.69) is 15.3 Å². The molecule has 9 nitrogen and oxygen atoms in total. The summed E-state index contributed by atoms with van der Waals surface area (Å²) in [4.78, 5) is 10.7. The van der Waals surface area contributed by atoms with Gasteiger partial charge < -0.3 is 9.47 Å². The summed E-state index contributed by atoms with van der Waals surface area (Å²) in [5.41, 5.74) is 1.88. The van der Waals surface area contributed by atoms with E-state index in [4.69, 9.17) is 21.7 Å². The van der Waals surface area contributed by atoms with Gasteiger partial charge in [0.25, 0.3) is 5.69 Å². The van der Waals surface area contributed by atoms with E-state index >= 15 is 0 Å². The molecule has 144 valence electrons. The first-order valence-corrected chi connectivity index (χ1v) is 8.54. The second kappa shape index (κ2) is 8.01. The number of rotatable bonds is 6. The van der Waals surface area contributed by atoms with Crippen LogP contribution >= 0.6 is 12.2 Å². The van der Waals surface area contributed by atoms with Crippen LogP contribution in [0.2, 0.25) is 0 Å². The molecule has 10 heteroatoms. The SMILES string of the molecule is COc1ccc(-c2n[nH]c(=S)n2/N=C\c2ccc(C)c([N+](=O)[O-])c2)cc1OC. The van der Waals surface area contributed by atoms with Crippen molar-refractivity contribution < 1.29 is 14.4 Å². The van der Waals surface area contributed by atoms with Crippen molar-refractivity contribution in [3.8, 4) is 22.9 Å². The smallest absolute Gasteiger partial charge is 0.272 e. The lowest BCUT2D eigenvalue weighted by atomic mass is 10.1. The van der Waals surface area contributed by atoms with Crippen LogP contribution in [0.15, 0.2) is 41.5 Å². The van der Waals surface area contributed by atoms with Gasteiger partial charge in [0.2, 0.25) is 4.77 Å². The molecule has 0 spiro atoms. The van der Waals surface area contributed by atoms with Crippen LogP contribution in [0.25, 0.3) is 11.4 Å². The zero-order chi connectivity index (χ0) is 20.3. The van der Waals surface area contributed by atoms with Gasteiger partial charge >= 0.3 is 0 Å². The maximum Gasteiger partial charge on any atom is 0.272 e. The lowest BCUT2D eigenvalue weighted by molar-refractivity contribution is -0.385. The van der Waals surface area contributed by atoms with Crippen LogP contribution in [0, 0.1) is 21.8 Å². The van der Waals surface area contributed by atoms with Crippen molar-refractivity contribution in [2.75, 3.05) is 14.2 Å². The van der Waals surface area contributed by atoms with E-state index in [-0.39, 0.29) is 10.5 Å². The molecular weight excluding hydrogens is 382 g/mol. The quantitative estimate of drug-likeness (QED) is 0.293. The van der Waals surface area contributed by atoms with E-state index in [0.29, 0.717) is 34.0 Å². The first kappa shape index (κ1) is 19.2. The van der Waals surface area contributed by atoms with Crippen LogP contribution in [0.3, 0.4) is 0 Å². The summed E-state index contributed by atoms with van der Waals surface area (Å²) in [5, 5.41) is 22.4. The number of aryl methyl sites for hydroxylation is 1. The molecular formula is C18H17N5O4S. The molecule has 1 N–H and O–H groups in total. The van der Waals surface area contributed by atoms with Crippen LogP contribution in [-0.4, -0.2) is 40.2 Å². The molecule has 28 heavy (non-hydrogen) atoms. The molecule has 0 bridgehead atoms. The number of aromatic amines is 1. The molecule has 3 rings (SSSR count). The predicted molar refractivity (Wildman–Crippen MR) is 107 cm³/mol. The Morgan fingerprint density at radius 3 is 2.64 bits per heavy atom. The average Bonchev–Trinajstić information content (AvgIpc) is 3.07. The molecule has 1 heterocycles. The number of benzene rings is 2. The van der Waals surface area contributed by atoms with Crippen molar-refractivity contribution in [3.05, 3.63) is 62.4 Å². The summed E-state index contributed by atoms with van der Waals surface area (Å²) in [5.74, 6) is 1.59. The number of nitro groups is 1. The van der Waals surface area contributed by atoms with Crippen molar-refractivity contribution in [3.63, 3.8) is 0 Å². The van der Waals surface area contributed by atoms with Crippen LogP contribution < -0.4 is 9.47 Å². The molecule has 0 amide bonds. The Kier molecular flexibility index (Phi) is 5.50. The highest BCUT2D eigenvalue weighted by Gasteiger charge is 2.13. The van der Waals surface area contributed by atoms with E-state index in [1.165, 1.54) is 17.0 Å². The van der Waals surface area contributed by atoms with Crippen LogP contribution in [0.4, 0.5) is 5.69 Å². The Bertz CT molecular complexity index is 1120. The largest absolute Gasteiger partial charge is 0.493 e. The highest BCUT2D eigenvalue weighted by atomic mass is 32.1. The number of nitro benzene ring substituents is 1. The van der Waals surface area contributed by atoms with Gasteiger partial charge in [-0.15, -0.1) is 0 Å². The van der Waals surface area contributed by atoms with E-state index in [1.807, 2.05) is 0 Å². The topological polar surface area (TPSA) is 108 Å². The second-order valence-electron chi connectivity index (χ2n) is 5.78. The molecule has 0 radical (unpaired) electrons. The molecule has 0 fully saturated rings. The number of ether oxygens (including phenoxy) is 2. The van der Waals surface area contributed by atoms with E-state index in [9.17, 15) is 10.1 Å². The summed E-state index contributed by atoms with van der Waals surface area (Å²) in [6, 6.07) is 10.2. The van der Waals surface area contributed by atoms with Crippen LogP contribution in [0.5, 0.6) is 11.5 Å². The maximum atomic E-state index is 11.1. The highest BCUT2D eigenvalue weighted by Crippen LogP contribution is 2.31. The molecule has 1 aromatic heterocycles. The van der Waals surface area contributed by atoms with Gasteiger partial charge in [0.05, 0.1) is 25.4 Å². The first-order chi connectivity index (χ1) is 13.4. The molecule has 0 aliphatic rings. The summed E-state index contributed by atoms with van der Waals surface area (Å²) in [7, 11) is 3.10. The van der Waals surface area contributed by atoms with Crippen molar-refractivity contribution in [1.29, 1.82) is 0 Å². The minimum absolute atomic E-state index is 0.0276. The molecule has 3 aromatic rings. The first-order valence-electron chi connectivity index (χ1n) is 8.13. The molecule has 0 unspecified atom stereocenters. The Labute approximate surface area is 165 Å². The maximum absolute atomic E-state index is 11.1. The third kappa shape index (κ3) is 3.76. The Balaban J connectivity index is 2.01. The minimum Gasteiger partial charge on any atom is -0.493 e. The average molecular weight is 399 g/mol. The van der Waals surface area contributed by atoms with Gasteiger partial charge in [-0.05, 0) is 37.3 Å². The standard InChI is InChI=1S/C18H17N5O4S/c1-11-4-5-12(8-14(11)23(24)25)10-19-22-17(20-21-18(22)28)13-6-7-15(26-2)16(9-13)27-3/h4-10H,1-3H3,(H,21,28)/b19-10-. The third-order valence-corrected chi connectivity index (χ3v) is 4.31. The fourth-order valence-corrected chi connectivity index (χ4v) is 2.77. The van der Waals surface area contributed by atoms with Crippen LogP contribution in [0.1, 0.15) is 11.1 Å². The van der Waals surface area contributed by atoms with Gasteiger partial charge in [-0.1, -0.05) is 12.1 Å². The molecule has 0 saturated carbocycles. The summed E-state index contributed by atoms with van der Waals surface area (Å²) >= 11 is 5.25. The highest BCUT2D eigenvalue weighted by molar-refractivity contribution is 7.71. The zero-order valence-electron chi connectivity index (χ0n) is 15.4. The van der Waals surface area contributed by atoms with Crippen LogP contribution in [-0.2, 0) is 0 Å². The third-order valence-electron chi connectivity index (χ3n) is 4.04. The normalized spacial score (nSPS) is 11.0. The number of hydrogen-bond donors (Lipinski definition) is 1. The summed E-state index contributed by atoms with van der Waals surface area (Å²) in [6.45, 7) is 1.68. The Morgan fingerprint density at radius 1 is 1.21 bits per heavy atom. The minimum atomic E-state index is -0.425. The number of aromatic nitrogens is 3. The molecule has 0 atom stereocenters.